The van der Waals surface area contributed by atoms with Crippen molar-refractivity contribution >= 4 is 5.78 Å². The van der Waals surface area contributed by atoms with E-state index in [1.807, 2.05) is 43.4 Å². The van der Waals surface area contributed by atoms with Gasteiger partial charge in [-0.2, -0.15) is 13.2 Å². The molecule has 0 aromatic heterocycles. The molecule has 0 saturated heterocycles. The van der Waals surface area contributed by atoms with Crippen LogP contribution in [0.15, 0.2) is 72.8 Å². The van der Waals surface area contributed by atoms with Gasteiger partial charge in [0, 0.05) is 5.56 Å². The van der Waals surface area contributed by atoms with Crippen molar-refractivity contribution < 1.29 is 22.7 Å². The summed E-state index contributed by atoms with van der Waals surface area (Å²) in [7, 11) is 0. The first kappa shape index (κ1) is 18.5. The second-order valence-electron chi connectivity index (χ2n) is 5.19. The predicted octanol–water partition coefficient (Wildman–Crippen LogP) is 5.61. The fourth-order valence-corrected chi connectivity index (χ4v) is 2.11. The smallest absolute Gasteiger partial charge is 0.454 e. The molecule has 2 aromatic carbocycles. The first-order valence-corrected chi connectivity index (χ1v) is 7.64. The number of rotatable bonds is 6. The maximum absolute atomic E-state index is 12.4. The maximum Gasteiger partial charge on any atom is 0.454 e. The minimum atomic E-state index is -4.86. The lowest BCUT2D eigenvalue weighted by atomic mass is 10.0. The van der Waals surface area contributed by atoms with Gasteiger partial charge in [-0.1, -0.05) is 54.6 Å². The van der Waals surface area contributed by atoms with Gasteiger partial charge in [0.15, 0.2) is 0 Å². The lowest BCUT2D eigenvalue weighted by molar-refractivity contribution is -0.0885. The molecular formula is C20H17F3O2. The van der Waals surface area contributed by atoms with E-state index in [9.17, 15) is 18.0 Å². The van der Waals surface area contributed by atoms with Crippen LogP contribution < -0.4 is 4.74 Å². The fourth-order valence-electron chi connectivity index (χ4n) is 2.11. The first-order valence-electron chi connectivity index (χ1n) is 7.64. The second-order valence-corrected chi connectivity index (χ2v) is 5.19. The topological polar surface area (TPSA) is 26.3 Å². The average Bonchev–Trinajstić information content (AvgIpc) is 2.61. The molecule has 0 aliphatic rings. The Kier molecular flexibility index (Phi) is 6.17. The monoisotopic (exact) mass is 346 g/mol. The molecule has 0 N–H and O–H groups in total. The largest absolute Gasteiger partial charge is 0.490 e. The summed E-state index contributed by atoms with van der Waals surface area (Å²) in [6.07, 6.45) is 2.73. The van der Waals surface area contributed by atoms with Gasteiger partial charge in [-0.3, -0.25) is 4.79 Å². The van der Waals surface area contributed by atoms with E-state index in [-0.39, 0.29) is 5.56 Å². The van der Waals surface area contributed by atoms with Crippen molar-refractivity contribution in [1.82, 2.24) is 0 Å². The minimum absolute atomic E-state index is 0.371. The number of halogens is 3. The van der Waals surface area contributed by atoms with Crippen molar-refractivity contribution in [3.8, 4) is 16.9 Å². The Balaban J connectivity index is 2.03. The lowest BCUT2D eigenvalue weighted by Crippen LogP contribution is -2.22. The van der Waals surface area contributed by atoms with Crippen molar-refractivity contribution in [1.29, 1.82) is 0 Å². The Bertz CT molecular complexity index is 755. The van der Waals surface area contributed by atoms with Gasteiger partial charge in [0.25, 0.3) is 5.78 Å². The molecule has 130 valence electrons. The summed E-state index contributed by atoms with van der Waals surface area (Å²) in [6.45, 7) is 2.37. The van der Waals surface area contributed by atoms with Crippen LogP contribution in [-0.4, -0.2) is 18.6 Å². The molecule has 0 aliphatic heterocycles. The van der Waals surface area contributed by atoms with Crippen molar-refractivity contribution in [2.45, 2.75) is 13.1 Å². The Labute approximate surface area is 144 Å². The highest BCUT2D eigenvalue weighted by Gasteiger charge is 2.39. The summed E-state index contributed by atoms with van der Waals surface area (Å²) in [5.74, 6) is -1.15. The Morgan fingerprint density at radius 3 is 2.04 bits per heavy atom. The molecule has 0 heterocycles. The number of carbonyl (C=O) groups is 1. The van der Waals surface area contributed by atoms with Crippen molar-refractivity contribution in [2.75, 3.05) is 6.61 Å². The molecule has 0 fully saturated rings. The molecule has 2 aromatic rings. The number of ether oxygens (including phenoxy) is 1. The van der Waals surface area contributed by atoms with Crippen molar-refractivity contribution in [3.63, 3.8) is 0 Å². The Hall–Kier alpha value is -2.82. The molecule has 0 radical (unpaired) electrons. The highest BCUT2D eigenvalue weighted by molar-refractivity contribution is 6.00. The number of hydrogen-bond acceptors (Lipinski definition) is 2. The van der Waals surface area contributed by atoms with Gasteiger partial charge in [0.05, 0.1) is 0 Å². The number of hydrogen-bond donors (Lipinski definition) is 0. The van der Waals surface area contributed by atoms with E-state index in [4.69, 9.17) is 4.74 Å². The summed E-state index contributed by atoms with van der Waals surface area (Å²) < 4.78 is 42.7. The molecule has 2 nitrogen and oxygen atoms in total. The van der Waals surface area contributed by atoms with Crippen LogP contribution in [0.3, 0.4) is 0 Å². The van der Waals surface area contributed by atoms with Crippen LogP contribution in [0, 0.1) is 0 Å². The summed E-state index contributed by atoms with van der Waals surface area (Å²) in [5.41, 5.74) is 1.17. The molecule has 25 heavy (non-hydrogen) atoms. The molecule has 0 spiro atoms. The van der Waals surface area contributed by atoms with Crippen LogP contribution in [0.4, 0.5) is 13.2 Å². The molecule has 0 saturated carbocycles. The molecule has 2 rings (SSSR count). The average molecular weight is 346 g/mol. The quantitative estimate of drug-likeness (QED) is 0.502. The van der Waals surface area contributed by atoms with E-state index < -0.39 is 12.0 Å². The number of allylic oxidation sites excluding steroid dienone is 3. The van der Waals surface area contributed by atoms with Gasteiger partial charge >= 0.3 is 6.18 Å². The predicted molar refractivity (Wildman–Crippen MR) is 91.7 cm³/mol. The SMILES string of the molecule is CC=CC=CCOc1ccc(-c2ccc(C(=O)C(F)(F)F)cc2)cc1. The summed E-state index contributed by atoms with van der Waals surface area (Å²) >= 11 is 0. The van der Waals surface area contributed by atoms with Gasteiger partial charge in [-0.25, -0.2) is 0 Å². The molecular weight excluding hydrogens is 329 g/mol. The van der Waals surface area contributed by atoms with Crippen LogP contribution in [0.1, 0.15) is 17.3 Å². The summed E-state index contributed by atoms with van der Waals surface area (Å²) in [4.78, 5) is 11.2. The zero-order valence-corrected chi connectivity index (χ0v) is 13.6. The highest BCUT2D eigenvalue weighted by Crippen LogP contribution is 2.25. The molecule has 0 amide bonds. The number of benzene rings is 2. The van der Waals surface area contributed by atoms with Gasteiger partial charge in [0.1, 0.15) is 12.4 Å². The summed E-state index contributed by atoms with van der Waals surface area (Å²) in [6, 6.07) is 12.5. The third-order valence-electron chi connectivity index (χ3n) is 3.38. The van der Waals surface area contributed by atoms with E-state index in [1.165, 1.54) is 24.3 Å². The van der Waals surface area contributed by atoms with Crippen molar-refractivity contribution in [3.05, 3.63) is 78.4 Å². The van der Waals surface area contributed by atoms with Crippen LogP contribution in [-0.2, 0) is 0 Å². The van der Waals surface area contributed by atoms with Crippen LogP contribution in [0.5, 0.6) is 5.75 Å². The molecule has 0 aliphatic carbocycles. The second kappa shape index (κ2) is 8.33. The first-order chi connectivity index (χ1) is 11.9. The third-order valence-corrected chi connectivity index (χ3v) is 3.38. The van der Waals surface area contributed by atoms with E-state index in [2.05, 4.69) is 0 Å². The van der Waals surface area contributed by atoms with Gasteiger partial charge in [-0.05, 0) is 36.3 Å². The van der Waals surface area contributed by atoms with Crippen molar-refractivity contribution in [2.24, 2.45) is 0 Å². The van der Waals surface area contributed by atoms with Crippen LogP contribution in [0.25, 0.3) is 11.1 Å². The normalized spacial score (nSPS) is 12.0. The molecule has 0 bridgehead atoms. The molecule has 5 heteroatoms. The van der Waals surface area contributed by atoms with Crippen LogP contribution in [0.2, 0.25) is 0 Å². The zero-order chi connectivity index (χ0) is 18.3. The number of alkyl halides is 3. The highest BCUT2D eigenvalue weighted by atomic mass is 19.4. The maximum atomic E-state index is 12.4. The molecule has 0 atom stereocenters. The third kappa shape index (κ3) is 5.35. The lowest BCUT2D eigenvalue weighted by Gasteiger charge is -2.08. The fraction of sp³-hybridized carbons (Fsp3) is 0.150. The van der Waals surface area contributed by atoms with E-state index in [0.717, 1.165) is 11.1 Å². The van der Waals surface area contributed by atoms with E-state index >= 15 is 0 Å². The zero-order valence-electron chi connectivity index (χ0n) is 13.6. The van der Waals surface area contributed by atoms with Gasteiger partial charge in [0.2, 0.25) is 0 Å². The van der Waals surface area contributed by atoms with Gasteiger partial charge in [-0.15, -0.1) is 0 Å². The number of ketones is 1. The number of carbonyl (C=O) groups excluding carboxylic acids is 1. The van der Waals surface area contributed by atoms with Crippen LogP contribution >= 0.6 is 0 Å². The Morgan fingerprint density at radius 1 is 0.960 bits per heavy atom. The van der Waals surface area contributed by atoms with E-state index in [1.54, 1.807) is 12.1 Å². The standard InChI is InChI=1S/C20H17F3O2/c1-2-3-4-5-14-25-18-12-10-16(11-13-18)15-6-8-17(9-7-15)19(24)20(21,22)23/h2-13H,14H2,1H3. The number of Topliss-reactive ketones (excluding diaryl/α,β-unsaturated/α-hetero) is 1. The molecule has 0 unspecified atom stereocenters. The van der Waals surface area contributed by atoms with Gasteiger partial charge < -0.3 is 4.74 Å². The minimum Gasteiger partial charge on any atom is -0.490 e. The Morgan fingerprint density at radius 2 is 1.52 bits per heavy atom. The summed E-state index contributed by atoms with van der Waals surface area (Å²) in [5, 5.41) is 0. The van der Waals surface area contributed by atoms with E-state index in [0.29, 0.717) is 12.4 Å².